The highest BCUT2D eigenvalue weighted by molar-refractivity contribution is 7.71. The maximum Gasteiger partial charge on any atom is 0.178 e. The van der Waals surface area contributed by atoms with E-state index < -0.39 is 0 Å². The van der Waals surface area contributed by atoms with Crippen LogP contribution in [0.1, 0.15) is 12.0 Å². The summed E-state index contributed by atoms with van der Waals surface area (Å²) in [6.07, 6.45) is 1.03. The molecule has 0 aliphatic heterocycles. The molecule has 0 radical (unpaired) electrons. The van der Waals surface area contributed by atoms with E-state index in [1.54, 1.807) is 6.07 Å². The number of aromatic amines is 1. The molecule has 2 rings (SSSR count). The van der Waals surface area contributed by atoms with Crippen molar-refractivity contribution in [1.29, 1.82) is 5.26 Å². The Morgan fingerprint density at radius 3 is 2.89 bits per heavy atom. The number of rotatable bonds is 4. The molecule has 94 valence electrons. The second kappa shape index (κ2) is 5.34. The van der Waals surface area contributed by atoms with E-state index in [-0.39, 0.29) is 0 Å². The predicted octanol–water partition coefficient (Wildman–Crippen LogP) is 2.52. The van der Waals surface area contributed by atoms with Gasteiger partial charge in [0.1, 0.15) is 6.07 Å². The number of imidazole rings is 1. The molecule has 2 aromatic rings. The number of nitrogens with zero attached hydrogens (tertiary/aromatic N) is 3. The van der Waals surface area contributed by atoms with Crippen molar-refractivity contribution in [2.75, 3.05) is 20.6 Å². The van der Waals surface area contributed by atoms with E-state index in [1.165, 1.54) is 0 Å². The fourth-order valence-corrected chi connectivity index (χ4v) is 2.33. The number of benzene rings is 1. The van der Waals surface area contributed by atoms with Crippen LogP contribution in [0, 0.1) is 16.1 Å². The minimum absolute atomic E-state index is 0.643. The molecule has 0 amide bonds. The molecular weight excluding hydrogens is 244 g/mol. The van der Waals surface area contributed by atoms with Gasteiger partial charge < -0.3 is 14.5 Å². The summed E-state index contributed by atoms with van der Waals surface area (Å²) in [5, 5.41) is 9.06. The Hall–Kier alpha value is -1.64. The molecule has 0 saturated carbocycles. The van der Waals surface area contributed by atoms with Crippen LogP contribution in [-0.4, -0.2) is 35.1 Å². The third-order valence-electron chi connectivity index (χ3n) is 2.92. The lowest BCUT2D eigenvalue weighted by molar-refractivity contribution is 0.387. The number of nitrogens with one attached hydrogen (secondary N) is 1. The number of hydrogen-bond donors (Lipinski definition) is 1. The van der Waals surface area contributed by atoms with Crippen LogP contribution in [0.4, 0.5) is 0 Å². The van der Waals surface area contributed by atoms with Gasteiger partial charge in [-0.2, -0.15) is 5.26 Å². The van der Waals surface area contributed by atoms with Crippen molar-refractivity contribution in [2.45, 2.75) is 13.0 Å². The van der Waals surface area contributed by atoms with E-state index in [2.05, 4.69) is 34.6 Å². The Balaban J connectivity index is 2.37. The first kappa shape index (κ1) is 12.8. The molecule has 0 spiro atoms. The zero-order valence-electron chi connectivity index (χ0n) is 10.6. The van der Waals surface area contributed by atoms with Crippen LogP contribution in [0.15, 0.2) is 18.2 Å². The van der Waals surface area contributed by atoms with Crippen molar-refractivity contribution in [1.82, 2.24) is 14.5 Å². The SMILES string of the molecule is CN(C)CCCn1c(=S)[nH]c2c(C#N)cccc21. The van der Waals surface area contributed by atoms with Crippen LogP contribution in [0.5, 0.6) is 0 Å². The Labute approximate surface area is 111 Å². The maximum absolute atomic E-state index is 9.06. The molecule has 0 saturated heterocycles. The summed E-state index contributed by atoms with van der Waals surface area (Å²) >= 11 is 5.32. The van der Waals surface area contributed by atoms with Gasteiger partial charge in [0.05, 0.1) is 16.6 Å². The van der Waals surface area contributed by atoms with Crippen molar-refractivity contribution in [3.8, 4) is 6.07 Å². The van der Waals surface area contributed by atoms with E-state index in [0.29, 0.717) is 10.3 Å². The van der Waals surface area contributed by atoms with Gasteiger partial charge in [0.15, 0.2) is 4.77 Å². The molecular formula is C13H16N4S. The molecule has 1 aromatic carbocycles. The third kappa shape index (κ3) is 2.45. The summed E-state index contributed by atoms with van der Waals surface area (Å²) in [5.41, 5.74) is 2.50. The highest BCUT2D eigenvalue weighted by atomic mass is 32.1. The quantitative estimate of drug-likeness (QED) is 0.859. The van der Waals surface area contributed by atoms with Crippen LogP contribution < -0.4 is 0 Å². The molecule has 0 aliphatic carbocycles. The lowest BCUT2D eigenvalue weighted by atomic mass is 10.2. The number of fused-ring (bicyclic) bond motifs is 1. The fraction of sp³-hybridized carbons (Fsp3) is 0.385. The zero-order valence-corrected chi connectivity index (χ0v) is 11.4. The van der Waals surface area contributed by atoms with E-state index in [4.69, 9.17) is 17.5 Å². The van der Waals surface area contributed by atoms with Crippen LogP contribution >= 0.6 is 12.2 Å². The summed E-state index contributed by atoms with van der Waals surface area (Å²) in [5.74, 6) is 0. The number of para-hydroxylation sites is 1. The van der Waals surface area contributed by atoms with Gasteiger partial charge in [0.2, 0.25) is 0 Å². The summed E-state index contributed by atoms with van der Waals surface area (Å²) in [6, 6.07) is 7.88. The Bertz CT molecular complexity index is 645. The average Bonchev–Trinajstić information content (AvgIpc) is 2.65. The van der Waals surface area contributed by atoms with Gasteiger partial charge in [-0.3, -0.25) is 0 Å². The molecule has 1 N–H and O–H groups in total. The molecule has 0 aliphatic rings. The molecule has 1 heterocycles. The topological polar surface area (TPSA) is 47.8 Å². The Kier molecular flexibility index (Phi) is 3.80. The van der Waals surface area contributed by atoms with E-state index >= 15 is 0 Å². The Morgan fingerprint density at radius 1 is 1.44 bits per heavy atom. The summed E-state index contributed by atoms with van der Waals surface area (Å²) in [6.45, 7) is 1.89. The van der Waals surface area contributed by atoms with Crippen molar-refractivity contribution in [3.63, 3.8) is 0 Å². The first-order valence-electron chi connectivity index (χ1n) is 5.90. The third-order valence-corrected chi connectivity index (χ3v) is 3.24. The Morgan fingerprint density at radius 2 is 2.22 bits per heavy atom. The first-order chi connectivity index (χ1) is 8.63. The molecule has 1 aromatic heterocycles. The van der Waals surface area contributed by atoms with Gasteiger partial charge in [-0.15, -0.1) is 0 Å². The van der Waals surface area contributed by atoms with Gasteiger partial charge in [-0.25, -0.2) is 0 Å². The zero-order chi connectivity index (χ0) is 13.1. The predicted molar refractivity (Wildman–Crippen MR) is 75.0 cm³/mol. The van der Waals surface area contributed by atoms with Gasteiger partial charge in [-0.1, -0.05) is 6.07 Å². The standard InChI is InChI=1S/C13H16N4S/c1-16(2)7-4-8-17-11-6-3-5-10(9-14)12(11)15-13(17)18/h3,5-6H,4,7-8H2,1-2H3,(H,15,18). The molecule has 0 atom stereocenters. The molecule has 0 unspecified atom stereocenters. The first-order valence-corrected chi connectivity index (χ1v) is 6.30. The second-order valence-electron chi connectivity index (χ2n) is 4.55. The molecule has 5 heteroatoms. The highest BCUT2D eigenvalue weighted by Crippen LogP contribution is 2.18. The lowest BCUT2D eigenvalue weighted by Crippen LogP contribution is -2.15. The highest BCUT2D eigenvalue weighted by Gasteiger charge is 2.07. The number of H-pyrrole nitrogens is 1. The minimum atomic E-state index is 0.643. The fourth-order valence-electron chi connectivity index (χ4n) is 2.04. The maximum atomic E-state index is 9.06. The number of nitriles is 1. The van der Waals surface area contributed by atoms with Gasteiger partial charge in [0.25, 0.3) is 0 Å². The molecule has 4 nitrogen and oxygen atoms in total. The molecule has 18 heavy (non-hydrogen) atoms. The summed E-state index contributed by atoms with van der Waals surface area (Å²) in [7, 11) is 4.12. The number of aromatic nitrogens is 2. The van der Waals surface area contributed by atoms with E-state index in [9.17, 15) is 0 Å². The minimum Gasteiger partial charge on any atom is -0.329 e. The van der Waals surface area contributed by atoms with Crippen molar-refractivity contribution in [3.05, 3.63) is 28.5 Å². The van der Waals surface area contributed by atoms with Crippen LogP contribution in [0.2, 0.25) is 0 Å². The van der Waals surface area contributed by atoms with Crippen LogP contribution in [0.25, 0.3) is 11.0 Å². The monoisotopic (exact) mass is 260 g/mol. The number of hydrogen-bond acceptors (Lipinski definition) is 3. The van der Waals surface area contributed by atoms with Crippen LogP contribution in [-0.2, 0) is 6.54 Å². The second-order valence-corrected chi connectivity index (χ2v) is 4.94. The van der Waals surface area contributed by atoms with Crippen molar-refractivity contribution in [2.24, 2.45) is 0 Å². The average molecular weight is 260 g/mol. The van der Waals surface area contributed by atoms with E-state index in [1.807, 2.05) is 12.1 Å². The molecule has 0 fully saturated rings. The lowest BCUT2D eigenvalue weighted by Gasteiger charge is -2.10. The van der Waals surface area contributed by atoms with Gasteiger partial charge >= 0.3 is 0 Å². The smallest absolute Gasteiger partial charge is 0.178 e. The van der Waals surface area contributed by atoms with Crippen molar-refractivity contribution >= 4 is 23.3 Å². The van der Waals surface area contributed by atoms with Gasteiger partial charge in [-0.05, 0) is 51.4 Å². The summed E-state index contributed by atoms with van der Waals surface area (Å²) in [4.78, 5) is 5.28. The van der Waals surface area contributed by atoms with Crippen LogP contribution in [0.3, 0.4) is 0 Å². The number of aryl methyl sites for hydroxylation is 1. The summed E-state index contributed by atoms with van der Waals surface area (Å²) < 4.78 is 2.75. The van der Waals surface area contributed by atoms with Crippen molar-refractivity contribution < 1.29 is 0 Å². The normalized spacial score (nSPS) is 11.0. The molecule has 0 bridgehead atoms. The van der Waals surface area contributed by atoms with Gasteiger partial charge in [0, 0.05) is 6.54 Å². The van der Waals surface area contributed by atoms with E-state index in [0.717, 1.165) is 30.5 Å². The largest absolute Gasteiger partial charge is 0.329 e.